The lowest BCUT2D eigenvalue weighted by Crippen LogP contribution is -2.64. The number of hydrogen-bond acceptors (Lipinski definition) is 7. The molecule has 0 aromatic rings. The van der Waals surface area contributed by atoms with Gasteiger partial charge in [-0.15, -0.1) is 0 Å². The van der Waals surface area contributed by atoms with Gasteiger partial charge in [-0.3, -0.25) is 4.90 Å². The van der Waals surface area contributed by atoms with E-state index >= 15 is 0 Å². The molecule has 4 N–H and O–H groups in total. The Kier molecular flexibility index (Phi) is 18.6. The molecule has 33 heavy (non-hydrogen) atoms. The molecule has 198 valence electrons. The number of rotatable bonds is 21. The van der Waals surface area contributed by atoms with E-state index in [2.05, 4.69) is 6.92 Å². The van der Waals surface area contributed by atoms with E-state index in [9.17, 15) is 20.4 Å². The van der Waals surface area contributed by atoms with E-state index in [1.54, 1.807) is 7.11 Å². The normalized spacial score (nSPS) is 25.7. The van der Waals surface area contributed by atoms with Gasteiger partial charge >= 0.3 is 0 Å². The smallest absolute Gasteiger partial charge is 0.173 e. The molecule has 1 rings (SSSR count). The van der Waals surface area contributed by atoms with Crippen LogP contribution in [0.25, 0.3) is 0 Å². The minimum absolute atomic E-state index is 0.440. The largest absolute Gasteiger partial charge is 0.394 e. The minimum atomic E-state index is -1.24. The van der Waals surface area contributed by atoms with Crippen LogP contribution in [-0.4, -0.2) is 89.4 Å². The van der Waals surface area contributed by atoms with Crippen LogP contribution in [0.4, 0.5) is 0 Å². The molecule has 0 radical (unpaired) electrons. The first-order valence-corrected chi connectivity index (χ1v) is 13.6. The summed E-state index contributed by atoms with van der Waals surface area (Å²) in [6.45, 7) is 3.78. The first-order valence-electron chi connectivity index (χ1n) is 13.6. The molecule has 1 fully saturated rings. The third-order valence-corrected chi connectivity index (χ3v) is 6.88. The van der Waals surface area contributed by atoms with Crippen LogP contribution in [0.1, 0.15) is 103 Å². The van der Waals surface area contributed by atoms with Gasteiger partial charge in [-0.25, -0.2) is 0 Å². The lowest BCUT2D eigenvalue weighted by atomic mass is 9.95. The van der Waals surface area contributed by atoms with Crippen molar-refractivity contribution in [2.45, 2.75) is 134 Å². The zero-order valence-electron chi connectivity index (χ0n) is 21.4. The van der Waals surface area contributed by atoms with Crippen molar-refractivity contribution < 1.29 is 29.9 Å². The number of aliphatic hydroxyl groups is 4. The Morgan fingerprint density at radius 3 is 1.67 bits per heavy atom. The molecule has 0 aromatic carbocycles. The molecule has 0 spiro atoms. The van der Waals surface area contributed by atoms with Crippen LogP contribution in [0.5, 0.6) is 0 Å². The molecule has 1 saturated heterocycles. The van der Waals surface area contributed by atoms with Gasteiger partial charge < -0.3 is 29.9 Å². The van der Waals surface area contributed by atoms with E-state index in [1.165, 1.54) is 77.0 Å². The summed E-state index contributed by atoms with van der Waals surface area (Å²) in [7, 11) is 1.65. The van der Waals surface area contributed by atoms with Gasteiger partial charge in [0.05, 0.1) is 12.6 Å². The van der Waals surface area contributed by atoms with Gasteiger partial charge in [0, 0.05) is 20.3 Å². The predicted octanol–water partition coefficient (Wildman–Crippen LogP) is 3.61. The SMILES string of the molecule is CCCCCCCCCCCCCCCCN(CCCOC)[C@H]1C(O)O[C@H](CO)[C@@H](O)[C@@H]1O. The van der Waals surface area contributed by atoms with Crippen molar-refractivity contribution in [2.75, 3.05) is 33.4 Å². The van der Waals surface area contributed by atoms with Crippen LogP contribution < -0.4 is 0 Å². The molecular formula is C26H53NO6. The Morgan fingerprint density at radius 2 is 1.18 bits per heavy atom. The van der Waals surface area contributed by atoms with Crippen LogP contribution in [0.3, 0.4) is 0 Å². The van der Waals surface area contributed by atoms with E-state index in [0.29, 0.717) is 13.2 Å². The third kappa shape index (κ3) is 12.8. The first kappa shape index (κ1) is 30.8. The molecule has 7 nitrogen and oxygen atoms in total. The molecule has 0 aromatic heterocycles. The fourth-order valence-electron chi connectivity index (χ4n) is 4.81. The van der Waals surface area contributed by atoms with Gasteiger partial charge in [0.25, 0.3) is 0 Å². The van der Waals surface area contributed by atoms with Crippen molar-refractivity contribution in [1.82, 2.24) is 4.90 Å². The Morgan fingerprint density at radius 1 is 0.697 bits per heavy atom. The summed E-state index contributed by atoms with van der Waals surface area (Å²) >= 11 is 0. The summed E-state index contributed by atoms with van der Waals surface area (Å²) in [5.41, 5.74) is 0. The van der Waals surface area contributed by atoms with Crippen molar-refractivity contribution in [3.8, 4) is 0 Å². The van der Waals surface area contributed by atoms with E-state index < -0.39 is 37.3 Å². The van der Waals surface area contributed by atoms with E-state index in [4.69, 9.17) is 9.47 Å². The summed E-state index contributed by atoms with van der Waals surface area (Å²) in [6.07, 6.45) is 14.4. The van der Waals surface area contributed by atoms with Crippen LogP contribution in [0.15, 0.2) is 0 Å². The highest BCUT2D eigenvalue weighted by Gasteiger charge is 2.45. The molecular weight excluding hydrogens is 422 g/mol. The summed E-state index contributed by atoms with van der Waals surface area (Å²) in [5.74, 6) is 0. The second-order valence-corrected chi connectivity index (χ2v) is 9.70. The maximum atomic E-state index is 10.6. The van der Waals surface area contributed by atoms with Crippen LogP contribution >= 0.6 is 0 Å². The highest BCUT2D eigenvalue weighted by atomic mass is 16.6. The highest BCUT2D eigenvalue weighted by Crippen LogP contribution is 2.25. The van der Waals surface area contributed by atoms with Crippen molar-refractivity contribution in [3.05, 3.63) is 0 Å². The molecule has 0 aliphatic carbocycles. The van der Waals surface area contributed by atoms with Crippen molar-refractivity contribution >= 4 is 0 Å². The molecule has 5 atom stereocenters. The Hall–Kier alpha value is -0.280. The van der Waals surface area contributed by atoms with E-state index in [0.717, 1.165) is 25.8 Å². The number of ether oxygens (including phenoxy) is 2. The van der Waals surface area contributed by atoms with Gasteiger partial charge in [-0.2, -0.15) is 0 Å². The number of hydrogen-bond donors (Lipinski definition) is 4. The highest BCUT2D eigenvalue weighted by molar-refractivity contribution is 4.94. The Bertz CT molecular complexity index is 441. The average molecular weight is 476 g/mol. The summed E-state index contributed by atoms with van der Waals surface area (Å²) in [6, 6.07) is -0.707. The van der Waals surface area contributed by atoms with Gasteiger partial charge in [0.1, 0.15) is 18.3 Å². The summed E-state index contributed by atoms with van der Waals surface area (Å²) in [5, 5.41) is 40.5. The van der Waals surface area contributed by atoms with Crippen molar-refractivity contribution in [2.24, 2.45) is 0 Å². The quantitative estimate of drug-likeness (QED) is 0.188. The molecule has 1 aliphatic rings. The molecule has 0 bridgehead atoms. The standard InChI is InChI=1S/C26H53NO6/c1-3-4-5-6-7-8-9-10-11-12-13-14-15-16-18-27(19-17-20-32-2)23-25(30)24(29)22(21-28)33-26(23)31/h22-26,28-31H,3-21H2,1-2H3/t22-,23-,24-,25-,26?/m1/s1. The van der Waals surface area contributed by atoms with Crippen molar-refractivity contribution in [3.63, 3.8) is 0 Å². The monoisotopic (exact) mass is 475 g/mol. The van der Waals surface area contributed by atoms with E-state index in [-0.39, 0.29) is 0 Å². The number of methoxy groups -OCH3 is 1. The second kappa shape index (κ2) is 20.0. The fraction of sp³-hybridized carbons (Fsp3) is 1.00. The number of aliphatic hydroxyl groups excluding tert-OH is 4. The molecule has 0 amide bonds. The molecule has 1 aliphatic heterocycles. The van der Waals surface area contributed by atoms with Crippen LogP contribution in [0.2, 0.25) is 0 Å². The first-order chi connectivity index (χ1) is 16.1. The zero-order valence-corrected chi connectivity index (χ0v) is 21.4. The lowest BCUT2D eigenvalue weighted by Gasteiger charge is -2.45. The maximum absolute atomic E-state index is 10.6. The molecule has 0 saturated carbocycles. The topological polar surface area (TPSA) is 103 Å². The zero-order chi connectivity index (χ0) is 24.3. The molecule has 1 heterocycles. The number of unbranched alkanes of at least 4 members (excludes halogenated alkanes) is 13. The summed E-state index contributed by atoms with van der Waals surface area (Å²) < 4.78 is 10.5. The molecule has 7 heteroatoms. The van der Waals surface area contributed by atoms with Gasteiger partial charge in [0.2, 0.25) is 0 Å². The predicted molar refractivity (Wildman–Crippen MR) is 132 cm³/mol. The fourth-order valence-corrected chi connectivity index (χ4v) is 4.81. The molecule has 1 unspecified atom stereocenters. The maximum Gasteiger partial charge on any atom is 0.173 e. The number of nitrogens with zero attached hydrogens (tertiary/aromatic N) is 1. The third-order valence-electron chi connectivity index (χ3n) is 6.88. The summed E-state index contributed by atoms with van der Waals surface area (Å²) in [4.78, 5) is 2.01. The lowest BCUT2D eigenvalue weighted by molar-refractivity contribution is -0.272. The van der Waals surface area contributed by atoms with E-state index in [1.807, 2.05) is 4.90 Å². The minimum Gasteiger partial charge on any atom is -0.394 e. The Labute approximate surface area is 202 Å². The van der Waals surface area contributed by atoms with Gasteiger partial charge in [-0.05, 0) is 19.4 Å². The van der Waals surface area contributed by atoms with Gasteiger partial charge in [-0.1, -0.05) is 90.4 Å². The van der Waals surface area contributed by atoms with Crippen LogP contribution in [0, 0.1) is 0 Å². The van der Waals surface area contributed by atoms with Gasteiger partial charge in [0.15, 0.2) is 6.29 Å². The Balaban J connectivity index is 2.22. The van der Waals surface area contributed by atoms with Crippen LogP contribution in [-0.2, 0) is 9.47 Å². The second-order valence-electron chi connectivity index (χ2n) is 9.70. The van der Waals surface area contributed by atoms with Crippen molar-refractivity contribution in [1.29, 1.82) is 0 Å². The average Bonchev–Trinajstić information content (AvgIpc) is 2.81.